The number of phenols is 1. The van der Waals surface area contributed by atoms with Crippen molar-refractivity contribution in [3.63, 3.8) is 0 Å². The second-order valence-electron chi connectivity index (χ2n) is 8.66. The number of nitrogens with one attached hydrogen (secondary N) is 1. The molecule has 0 radical (unpaired) electrons. The summed E-state index contributed by atoms with van der Waals surface area (Å²) >= 11 is 0. The second kappa shape index (κ2) is 7.80. The first kappa shape index (κ1) is 22.1. The molecule has 2 unspecified atom stereocenters. The van der Waals surface area contributed by atoms with Gasteiger partial charge in [0, 0.05) is 12.0 Å². The number of imidazole rings is 1. The summed E-state index contributed by atoms with van der Waals surface area (Å²) in [5.41, 5.74) is 5.19. The van der Waals surface area contributed by atoms with Crippen LogP contribution < -0.4 is 10.5 Å². The minimum atomic E-state index is -1.55. The number of benzene rings is 1. The number of aromatic hydroxyl groups is 1. The Morgan fingerprint density at radius 2 is 2.03 bits per heavy atom. The molecule has 1 aromatic heterocycles. The highest BCUT2D eigenvalue weighted by molar-refractivity contribution is 6.45. The number of hydrogen-bond acceptors (Lipinski definition) is 8. The van der Waals surface area contributed by atoms with E-state index >= 15 is 0 Å². The molecule has 32 heavy (non-hydrogen) atoms. The van der Waals surface area contributed by atoms with Crippen LogP contribution in [0.4, 0.5) is 0 Å². The third-order valence-electron chi connectivity index (χ3n) is 6.44. The summed E-state index contributed by atoms with van der Waals surface area (Å²) in [5.74, 6) is -3.11. The lowest BCUT2D eigenvalue weighted by atomic mass is 9.80. The average molecular weight is 444 g/mol. The fraction of sp³-hybridized carbons (Fsp3) is 0.450. The van der Waals surface area contributed by atoms with Crippen molar-refractivity contribution < 1.29 is 34.6 Å². The molecule has 1 saturated carbocycles. The van der Waals surface area contributed by atoms with Crippen LogP contribution in [0.15, 0.2) is 24.7 Å². The van der Waals surface area contributed by atoms with Crippen LogP contribution in [0.25, 0.3) is 0 Å². The molecule has 170 valence electrons. The Labute approximate surface area is 184 Å². The largest absolute Gasteiger partial charge is 0.507 e. The number of H-pyrrole nitrogens is 1. The van der Waals surface area contributed by atoms with Gasteiger partial charge in [-0.3, -0.25) is 4.79 Å². The quantitative estimate of drug-likeness (QED) is 0.317. The van der Waals surface area contributed by atoms with Crippen molar-refractivity contribution in [2.45, 2.75) is 37.2 Å². The standard InChI is InChI=1S/C20H25BN4O7/c1-9-14(16(9)21(30)31)11-3-4-12(15(17(11)26)18(27)28)32-10-6-25(7-10)19(29)20(2,22)13-5-23-8-24-13/h3-5,8-10,14,16,26,30-31H,6-7,22H2,1-2H3,(H,23,24)(H,27,28)/t9-,14?,16?,20-/m0/s1. The zero-order valence-corrected chi connectivity index (χ0v) is 17.6. The molecule has 1 amide bonds. The van der Waals surface area contributed by atoms with E-state index in [0.717, 1.165) is 0 Å². The molecule has 1 aliphatic carbocycles. The molecule has 7 N–H and O–H groups in total. The zero-order chi connectivity index (χ0) is 23.4. The Morgan fingerprint density at radius 1 is 1.34 bits per heavy atom. The molecule has 0 bridgehead atoms. The van der Waals surface area contributed by atoms with Gasteiger partial charge in [0.2, 0.25) is 5.91 Å². The molecule has 11 nitrogen and oxygen atoms in total. The number of nitrogens with two attached hydrogens (primary N) is 1. The Kier molecular flexibility index (Phi) is 5.39. The van der Waals surface area contributed by atoms with Crippen molar-refractivity contribution in [2.75, 3.05) is 13.1 Å². The van der Waals surface area contributed by atoms with Crippen LogP contribution in [0, 0.1) is 5.92 Å². The van der Waals surface area contributed by atoms with E-state index in [-0.39, 0.29) is 36.6 Å². The number of likely N-dealkylation sites (tertiary alicyclic amines) is 1. The number of aromatic carboxylic acids is 1. The highest BCUT2D eigenvalue weighted by Crippen LogP contribution is 2.61. The lowest BCUT2D eigenvalue weighted by Gasteiger charge is -2.42. The van der Waals surface area contributed by atoms with Gasteiger partial charge in [0.1, 0.15) is 28.7 Å². The maximum absolute atomic E-state index is 12.7. The summed E-state index contributed by atoms with van der Waals surface area (Å²) in [6.07, 6.45) is 2.52. The molecule has 1 aromatic carbocycles. The molecule has 0 spiro atoms. The number of nitrogens with zero attached hydrogens (tertiary/aromatic N) is 2. The number of carbonyl (C=O) groups excluding carboxylic acids is 1. The predicted octanol–water partition coefficient (Wildman–Crippen LogP) is -0.146. The van der Waals surface area contributed by atoms with E-state index < -0.39 is 41.9 Å². The van der Waals surface area contributed by atoms with E-state index in [0.29, 0.717) is 11.3 Å². The maximum atomic E-state index is 12.7. The van der Waals surface area contributed by atoms with E-state index in [1.54, 1.807) is 20.0 Å². The van der Waals surface area contributed by atoms with Gasteiger partial charge < -0.3 is 40.6 Å². The minimum absolute atomic E-state index is 0.0203. The van der Waals surface area contributed by atoms with Crippen LogP contribution in [0.2, 0.25) is 5.82 Å². The Balaban J connectivity index is 1.46. The number of amides is 1. The third kappa shape index (κ3) is 3.59. The highest BCUT2D eigenvalue weighted by atomic mass is 16.5. The van der Waals surface area contributed by atoms with Crippen molar-refractivity contribution in [1.82, 2.24) is 14.9 Å². The van der Waals surface area contributed by atoms with Crippen LogP contribution in [-0.2, 0) is 10.3 Å². The Bertz CT molecular complexity index is 1040. The molecule has 2 heterocycles. The van der Waals surface area contributed by atoms with Crippen LogP contribution in [0.1, 0.15) is 41.4 Å². The van der Waals surface area contributed by atoms with Crippen molar-refractivity contribution in [3.05, 3.63) is 41.5 Å². The highest BCUT2D eigenvalue weighted by Gasteiger charge is 2.55. The first-order valence-corrected chi connectivity index (χ1v) is 10.2. The van der Waals surface area contributed by atoms with Crippen molar-refractivity contribution in [2.24, 2.45) is 11.7 Å². The molecule has 1 saturated heterocycles. The number of rotatable bonds is 7. The molecule has 4 rings (SSSR count). The number of carboxylic acids is 1. The van der Waals surface area contributed by atoms with Gasteiger partial charge in [-0.25, -0.2) is 9.78 Å². The Morgan fingerprint density at radius 3 is 2.56 bits per heavy atom. The lowest BCUT2D eigenvalue weighted by molar-refractivity contribution is -0.145. The number of ether oxygens (including phenoxy) is 1. The number of carboxylic acid groups (broad SMARTS) is 1. The molecule has 12 heteroatoms. The van der Waals surface area contributed by atoms with Gasteiger partial charge in [-0.05, 0) is 30.4 Å². The van der Waals surface area contributed by atoms with Crippen LogP contribution in [-0.4, -0.2) is 73.3 Å². The van der Waals surface area contributed by atoms with Crippen LogP contribution in [0.3, 0.4) is 0 Å². The molecule has 4 atom stereocenters. The van der Waals surface area contributed by atoms with Crippen LogP contribution in [0.5, 0.6) is 11.5 Å². The first-order valence-electron chi connectivity index (χ1n) is 10.2. The van der Waals surface area contributed by atoms with Gasteiger partial charge >= 0.3 is 13.1 Å². The first-order chi connectivity index (χ1) is 15.0. The van der Waals surface area contributed by atoms with Crippen molar-refractivity contribution in [1.29, 1.82) is 0 Å². The van der Waals surface area contributed by atoms with Crippen molar-refractivity contribution in [3.8, 4) is 11.5 Å². The maximum Gasteiger partial charge on any atom is 0.455 e. The van der Waals surface area contributed by atoms with E-state index in [4.69, 9.17) is 10.5 Å². The summed E-state index contributed by atoms with van der Waals surface area (Å²) < 4.78 is 5.77. The summed E-state index contributed by atoms with van der Waals surface area (Å²) in [4.78, 5) is 32.9. The van der Waals surface area contributed by atoms with E-state index in [1.165, 1.54) is 23.4 Å². The van der Waals surface area contributed by atoms with Crippen LogP contribution >= 0.6 is 0 Å². The number of aromatic amines is 1. The smallest absolute Gasteiger partial charge is 0.455 e. The molecular formula is C20H25BN4O7. The van der Waals surface area contributed by atoms with Gasteiger partial charge in [-0.2, -0.15) is 0 Å². The normalized spacial score (nSPS) is 24.4. The number of aromatic nitrogens is 2. The monoisotopic (exact) mass is 444 g/mol. The fourth-order valence-corrected chi connectivity index (χ4v) is 4.44. The Hall–Kier alpha value is -3.09. The third-order valence-corrected chi connectivity index (χ3v) is 6.44. The van der Waals surface area contributed by atoms with E-state index in [2.05, 4.69) is 9.97 Å². The topological polar surface area (TPSA) is 182 Å². The average Bonchev–Trinajstić information content (AvgIpc) is 3.10. The second-order valence-corrected chi connectivity index (χ2v) is 8.66. The molecule has 2 aliphatic rings. The van der Waals surface area contributed by atoms with Gasteiger partial charge in [0.05, 0.1) is 25.1 Å². The van der Waals surface area contributed by atoms with E-state index in [1.807, 2.05) is 0 Å². The summed E-state index contributed by atoms with van der Waals surface area (Å²) in [5, 5.41) is 39.1. The van der Waals surface area contributed by atoms with Gasteiger partial charge in [-0.1, -0.05) is 13.0 Å². The lowest BCUT2D eigenvalue weighted by Crippen LogP contribution is -2.62. The number of carbonyl (C=O) groups is 2. The minimum Gasteiger partial charge on any atom is -0.507 e. The van der Waals surface area contributed by atoms with Crippen molar-refractivity contribution >= 4 is 19.0 Å². The fourth-order valence-electron chi connectivity index (χ4n) is 4.44. The predicted molar refractivity (Wildman–Crippen MR) is 112 cm³/mol. The summed E-state index contributed by atoms with van der Waals surface area (Å²) in [7, 11) is -1.55. The zero-order valence-electron chi connectivity index (χ0n) is 17.6. The number of hydrogen-bond donors (Lipinski definition) is 6. The van der Waals surface area contributed by atoms with E-state index in [9.17, 15) is 29.9 Å². The molecular weight excluding hydrogens is 419 g/mol. The molecule has 1 aliphatic heterocycles. The summed E-state index contributed by atoms with van der Waals surface area (Å²) in [6.45, 7) is 3.77. The van der Waals surface area contributed by atoms with Gasteiger partial charge in [-0.15, -0.1) is 0 Å². The van der Waals surface area contributed by atoms with Gasteiger partial charge in [0.25, 0.3) is 0 Å². The summed E-state index contributed by atoms with van der Waals surface area (Å²) in [6, 6.07) is 2.99. The SMILES string of the molecule is C[C@@H]1C(B(O)O)C1c1ccc(OC2CN(C(=O)[C@@](C)(N)c3c[nH]cn3)C2)c(C(=O)O)c1O. The molecule has 2 fully saturated rings. The molecule has 2 aromatic rings. The van der Waals surface area contributed by atoms with Gasteiger partial charge in [0.15, 0.2) is 0 Å².